The summed E-state index contributed by atoms with van der Waals surface area (Å²) in [6.45, 7) is 4.89. The first-order chi connectivity index (χ1) is 9.83. The Hall–Kier alpha value is -0.610. The van der Waals surface area contributed by atoms with Gasteiger partial charge in [-0.2, -0.15) is 0 Å². The van der Waals surface area contributed by atoms with Crippen molar-refractivity contribution in [2.24, 2.45) is 0 Å². The van der Waals surface area contributed by atoms with Gasteiger partial charge in [0.2, 0.25) is 0 Å². The van der Waals surface area contributed by atoms with Crippen molar-refractivity contribution in [2.75, 3.05) is 31.1 Å². The van der Waals surface area contributed by atoms with Crippen LogP contribution in [0.1, 0.15) is 38.5 Å². The van der Waals surface area contributed by atoms with Gasteiger partial charge in [-0.3, -0.25) is 4.90 Å². The number of likely N-dealkylation sites (tertiary alicyclic amines) is 1. The van der Waals surface area contributed by atoms with Crippen LogP contribution in [0.15, 0.2) is 22.8 Å². The quantitative estimate of drug-likeness (QED) is 0.820. The summed E-state index contributed by atoms with van der Waals surface area (Å²) in [5, 5.41) is 0. The lowest BCUT2D eigenvalue weighted by molar-refractivity contribution is 0.182. The molecule has 3 heterocycles. The van der Waals surface area contributed by atoms with E-state index in [0.29, 0.717) is 0 Å². The van der Waals surface area contributed by atoms with Crippen LogP contribution in [0.3, 0.4) is 0 Å². The molecule has 2 aliphatic rings. The van der Waals surface area contributed by atoms with Crippen LogP contribution >= 0.6 is 15.9 Å². The first-order valence-electron chi connectivity index (χ1n) is 7.93. The smallest absolute Gasteiger partial charge is 0.128 e. The summed E-state index contributed by atoms with van der Waals surface area (Å²) in [7, 11) is 0. The molecule has 2 saturated heterocycles. The SMILES string of the molecule is Brc1ccc(N2CCCC(N3CCCCCC3)C2)nc1. The number of hydrogen-bond acceptors (Lipinski definition) is 3. The first kappa shape index (κ1) is 14.3. The second-order valence-electron chi connectivity index (χ2n) is 6.03. The fourth-order valence-corrected chi connectivity index (χ4v) is 3.71. The third-order valence-corrected chi connectivity index (χ3v) is 5.06. The van der Waals surface area contributed by atoms with E-state index in [9.17, 15) is 0 Å². The molecule has 2 aliphatic heterocycles. The van der Waals surface area contributed by atoms with Crippen LogP contribution in [0.5, 0.6) is 0 Å². The molecule has 20 heavy (non-hydrogen) atoms. The molecule has 1 aromatic rings. The van der Waals surface area contributed by atoms with Gasteiger partial charge in [-0.25, -0.2) is 4.98 Å². The normalized spacial score (nSPS) is 25.4. The molecule has 3 rings (SSSR count). The largest absolute Gasteiger partial charge is 0.355 e. The zero-order chi connectivity index (χ0) is 13.8. The molecule has 1 aromatic heterocycles. The molecule has 0 aliphatic carbocycles. The number of rotatable bonds is 2. The van der Waals surface area contributed by atoms with E-state index in [0.717, 1.165) is 29.4 Å². The van der Waals surface area contributed by atoms with Crippen LogP contribution in [-0.4, -0.2) is 42.1 Å². The highest BCUT2D eigenvalue weighted by Gasteiger charge is 2.26. The molecule has 0 bridgehead atoms. The fraction of sp³-hybridized carbons (Fsp3) is 0.688. The molecule has 0 amide bonds. The maximum atomic E-state index is 4.56. The Bertz CT molecular complexity index is 412. The van der Waals surface area contributed by atoms with Crippen molar-refractivity contribution >= 4 is 21.7 Å². The van der Waals surface area contributed by atoms with Gasteiger partial charge in [0.25, 0.3) is 0 Å². The Morgan fingerprint density at radius 3 is 2.50 bits per heavy atom. The van der Waals surface area contributed by atoms with Crippen molar-refractivity contribution in [3.8, 4) is 0 Å². The number of piperidine rings is 1. The second-order valence-corrected chi connectivity index (χ2v) is 6.94. The number of aromatic nitrogens is 1. The standard InChI is InChI=1S/C16H24BrN3/c17-14-7-8-16(18-12-14)20-11-5-6-15(13-20)19-9-3-1-2-4-10-19/h7-8,12,15H,1-6,9-11,13H2. The van der Waals surface area contributed by atoms with Gasteiger partial charge in [-0.15, -0.1) is 0 Å². The second kappa shape index (κ2) is 6.90. The Kier molecular flexibility index (Phi) is 4.94. The Labute approximate surface area is 130 Å². The van der Waals surface area contributed by atoms with Crippen LogP contribution in [0.4, 0.5) is 5.82 Å². The van der Waals surface area contributed by atoms with Gasteiger partial charge in [0.1, 0.15) is 5.82 Å². The lowest BCUT2D eigenvalue weighted by atomic mass is 10.0. The van der Waals surface area contributed by atoms with Crippen molar-refractivity contribution < 1.29 is 0 Å². The molecular weight excluding hydrogens is 314 g/mol. The maximum absolute atomic E-state index is 4.56. The van der Waals surface area contributed by atoms with E-state index < -0.39 is 0 Å². The average molecular weight is 338 g/mol. The molecule has 4 heteroatoms. The number of pyridine rings is 1. The molecule has 0 aromatic carbocycles. The van der Waals surface area contributed by atoms with Crippen LogP contribution in [-0.2, 0) is 0 Å². The van der Waals surface area contributed by atoms with E-state index in [1.54, 1.807) is 0 Å². The monoisotopic (exact) mass is 337 g/mol. The Balaban J connectivity index is 1.64. The highest BCUT2D eigenvalue weighted by atomic mass is 79.9. The minimum atomic E-state index is 0.729. The lowest BCUT2D eigenvalue weighted by Gasteiger charge is -2.39. The average Bonchev–Trinajstić information content (AvgIpc) is 2.77. The molecule has 0 N–H and O–H groups in total. The van der Waals surface area contributed by atoms with Crippen LogP contribution in [0.25, 0.3) is 0 Å². The molecule has 3 nitrogen and oxygen atoms in total. The molecule has 0 radical (unpaired) electrons. The van der Waals surface area contributed by atoms with E-state index >= 15 is 0 Å². The highest BCUT2D eigenvalue weighted by Crippen LogP contribution is 2.23. The first-order valence-corrected chi connectivity index (χ1v) is 8.73. The van der Waals surface area contributed by atoms with E-state index in [4.69, 9.17) is 0 Å². The van der Waals surface area contributed by atoms with Crippen LogP contribution < -0.4 is 4.90 Å². The topological polar surface area (TPSA) is 19.4 Å². The minimum absolute atomic E-state index is 0.729. The predicted octanol–water partition coefficient (Wildman–Crippen LogP) is 3.69. The third-order valence-electron chi connectivity index (χ3n) is 4.59. The van der Waals surface area contributed by atoms with E-state index in [2.05, 4.69) is 42.8 Å². The maximum Gasteiger partial charge on any atom is 0.128 e. The Morgan fingerprint density at radius 1 is 1.00 bits per heavy atom. The summed E-state index contributed by atoms with van der Waals surface area (Å²) in [6.07, 6.45) is 10.2. The van der Waals surface area contributed by atoms with E-state index in [-0.39, 0.29) is 0 Å². The van der Waals surface area contributed by atoms with Crippen molar-refractivity contribution in [3.05, 3.63) is 22.8 Å². The van der Waals surface area contributed by atoms with Crippen molar-refractivity contribution in [1.82, 2.24) is 9.88 Å². The number of hydrogen-bond donors (Lipinski definition) is 0. The van der Waals surface area contributed by atoms with Gasteiger partial charge in [-0.1, -0.05) is 12.8 Å². The summed E-state index contributed by atoms with van der Waals surface area (Å²) < 4.78 is 1.06. The van der Waals surface area contributed by atoms with Gasteiger partial charge in [0.05, 0.1) is 0 Å². The fourth-order valence-electron chi connectivity index (χ4n) is 3.48. The predicted molar refractivity (Wildman–Crippen MR) is 87.2 cm³/mol. The van der Waals surface area contributed by atoms with Gasteiger partial charge in [0, 0.05) is 29.8 Å². The van der Waals surface area contributed by atoms with Crippen molar-refractivity contribution in [3.63, 3.8) is 0 Å². The molecule has 0 saturated carbocycles. The molecule has 1 unspecified atom stereocenters. The van der Waals surface area contributed by atoms with E-state index in [1.165, 1.54) is 51.6 Å². The summed E-state index contributed by atoms with van der Waals surface area (Å²) in [5.74, 6) is 1.13. The van der Waals surface area contributed by atoms with Crippen LogP contribution in [0, 0.1) is 0 Å². The molecular formula is C16H24BrN3. The van der Waals surface area contributed by atoms with Gasteiger partial charge < -0.3 is 4.90 Å². The molecule has 1 atom stereocenters. The lowest BCUT2D eigenvalue weighted by Crippen LogP contribution is -2.48. The number of halogens is 1. The molecule has 0 spiro atoms. The van der Waals surface area contributed by atoms with Crippen molar-refractivity contribution in [2.45, 2.75) is 44.6 Å². The number of anilines is 1. The summed E-state index contributed by atoms with van der Waals surface area (Å²) in [5.41, 5.74) is 0. The molecule has 2 fully saturated rings. The van der Waals surface area contributed by atoms with E-state index in [1.807, 2.05) is 6.20 Å². The summed E-state index contributed by atoms with van der Waals surface area (Å²) >= 11 is 3.46. The molecule has 110 valence electrons. The minimum Gasteiger partial charge on any atom is -0.355 e. The van der Waals surface area contributed by atoms with Crippen molar-refractivity contribution in [1.29, 1.82) is 0 Å². The van der Waals surface area contributed by atoms with Gasteiger partial charge in [-0.05, 0) is 66.8 Å². The highest BCUT2D eigenvalue weighted by molar-refractivity contribution is 9.10. The zero-order valence-electron chi connectivity index (χ0n) is 12.1. The summed E-state index contributed by atoms with van der Waals surface area (Å²) in [4.78, 5) is 9.76. The van der Waals surface area contributed by atoms with Gasteiger partial charge in [0.15, 0.2) is 0 Å². The number of nitrogens with zero attached hydrogens (tertiary/aromatic N) is 3. The zero-order valence-corrected chi connectivity index (χ0v) is 13.7. The Morgan fingerprint density at radius 2 is 1.80 bits per heavy atom. The van der Waals surface area contributed by atoms with Gasteiger partial charge >= 0.3 is 0 Å². The third kappa shape index (κ3) is 3.53. The summed E-state index contributed by atoms with van der Waals surface area (Å²) in [6, 6.07) is 4.96. The van der Waals surface area contributed by atoms with Crippen LogP contribution in [0.2, 0.25) is 0 Å².